The second-order valence-corrected chi connectivity index (χ2v) is 9.96. The van der Waals surface area contributed by atoms with Gasteiger partial charge in [0.15, 0.2) is 12.2 Å². The largest absolute Gasteiger partial charge is 0.443 e. The van der Waals surface area contributed by atoms with E-state index in [2.05, 4.69) is 21.9 Å². The molecule has 4 rings (SSSR count). The zero-order valence-corrected chi connectivity index (χ0v) is 17.3. The van der Waals surface area contributed by atoms with Gasteiger partial charge in [-0.15, -0.1) is 11.3 Å². The fourth-order valence-electron chi connectivity index (χ4n) is 3.48. The van der Waals surface area contributed by atoms with Gasteiger partial charge < -0.3 is 9.73 Å². The van der Waals surface area contributed by atoms with E-state index in [-0.39, 0.29) is 4.21 Å². The van der Waals surface area contributed by atoms with Crippen LogP contribution in [0.2, 0.25) is 0 Å². The van der Waals surface area contributed by atoms with Crippen LogP contribution in [-0.2, 0) is 22.9 Å². The van der Waals surface area contributed by atoms with Crippen LogP contribution in [0.15, 0.2) is 51.5 Å². The van der Waals surface area contributed by atoms with E-state index in [1.165, 1.54) is 17.5 Å². The van der Waals surface area contributed by atoms with Crippen molar-refractivity contribution in [2.75, 3.05) is 11.3 Å². The van der Waals surface area contributed by atoms with Crippen molar-refractivity contribution in [3.05, 3.63) is 54.0 Å². The van der Waals surface area contributed by atoms with Gasteiger partial charge in [-0.1, -0.05) is 13.0 Å². The number of hydrogen-bond donors (Lipinski definition) is 2. The van der Waals surface area contributed by atoms with E-state index in [0.29, 0.717) is 17.5 Å². The number of benzene rings is 1. The smallest absolute Gasteiger partial charge is 0.271 e. The highest BCUT2D eigenvalue weighted by molar-refractivity contribution is 7.94. The molecule has 0 aliphatic heterocycles. The van der Waals surface area contributed by atoms with Gasteiger partial charge in [0.1, 0.15) is 4.21 Å². The molecule has 28 heavy (non-hydrogen) atoms. The minimum atomic E-state index is -3.64. The van der Waals surface area contributed by atoms with E-state index in [0.717, 1.165) is 48.4 Å². The van der Waals surface area contributed by atoms with Crippen LogP contribution < -0.4 is 10.0 Å². The number of nitrogens with one attached hydrogen (secondary N) is 2. The monoisotopic (exact) mass is 417 g/mol. The number of thiophene rings is 1. The first-order valence-electron chi connectivity index (χ1n) is 9.42. The van der Waals surface area contributed by atoms with Crippen molar-refractivity contribution in [2.45, 2.75) is 42.9 Å². The van der Waals surface area contributed by atoms with Crippen LogP contribution in [0, 0.1) is 0 Å². The van der Waals surface area contributed by atoms with Gasteiger partial charge in [0, 0.05) is 11.7 Å². The average Bonchev–Trinajstić information content (AvgIpc) is 3.37. The molecule has 0 spiro atoms. The molecule has 148 valence electrons. The third kappa shape index (κ3) is 4.14. The van der Waals surface area contributed by atoms with Gasteiger partial charge in [0.2, 0.25) is 0 Å². The third-order valence-electron chi connectivity index (χ3n) is 4.89. The van der Waals surface area contributed by atoms with Crippen molar-refractivity contribution in [1.82, 2.24) is 10.3 Å². The minimum absolute atomic E-state index is 0.250. The molecule has 0 fully saturated rings. The van der Waals surface area contributed by atoms with E-state index < -0.39 is 10.0 Å². The van der Waals surface area contributed by atoms with Crippen LogP contribution in [-0.4, -0.2) is 26.0 Å². The van der Waals surface area contributed by atoms with Crippen molar-refractivity contribution in [3.8, 4) is 10.6 Å². The van der Waals surface area contributed by atoms with Crippen LogP contribution in [0.25, 0.3) is 10.6 Å². The maximum atomic E-state index is 12.8. The highest BCUT2D eigenvalue weighted by atomic mass is 32.2. The van der Waals surface area contributed by atoms with Crippen molar-refractivity contribution < 1.29 is 12.8 Å². The first-order chi connectivity index (χ1) is 13.5. The highest BCUT2D eigenvalue weighted by Crippen LogP contribution is 2.32. The molecule has 2 aromatic heterocycles. The van der Waals surface area contributed by atoms with E-state index >= 15 is 0 Å². The number of rotatable bonds is 7. The summed E-state index contributed by atoms with van der Waals surface area (Å²) in [6.45, 7) is 3.21. The molecule has 6 nitrogen and oxygen atoms in total. The van der Waals surface area contributed by atoms with Gasteiger partial charge >= 0.3 is 0 Å². The average molecular weight is 418 g/mol. The molecule has 0 amide bonds. The van der Waals surface area contributed by atoms with E-state index in [1.54, 1.807) is 18.3 Å². The lowest BCUT2D eigenvalue weighted by Gasteiger charge is -2.26. The van der Waals surface area contributed by atoms with Crippen LogP contribution in [0.5, 0.6) is 0 Å². The third-order valence-corrected chi connectivity index (χ3v) is 7.86. The van der Waals surface area contributed by atoms with Gasteiger partial charge in [-0.3, -0.25) is 4.72 Å². The van der Waals surface area contributed by atoms with Crippen LogP contribution in [0.1, 0.15) is 30.9 Å². The summed E-state index contributed by atoms with van der Waals surface area (Å²) in [7, 11) is -3.64. The summed E-state index contributed by atoms with van der Waals surface area (Å²) in [6.07, 6.45) is 7.06. The number of hydrogen-bond acceptors (Lipinski definition) is 6. The summed E-state index contributed by atoms with van der Waals surface area (Å²) in [4.78, 5) is 4.60. The lowest BCUT2D eigenvalue weighted by molar-refractivity contribution is 0.459. The molecular formula is C20H23N3O3S2. The first kappa shape index (κ1) is 19.2. The molecule has 1 aromatic carbocycles. The summed E-state index contributed by atoms with van der Waals surface area (Å²) >= 11 is 1.16. The number of oxazole rings is 1. The molecule has 0 saturated heterocycles. The minimum Gasteiger partial charge on any atom is -0.443 e. The lowest BCUT2D eigenvalue weighted by atomic mass is 9.88. The Morgan fingerprint density at radius 2 is 2.14 bits per heavy atom. The Hall–Kier alpha value is -2.16. The molecule has 0 bridgehead atoms. The standard InChI is InChI=1S/C20H23N3O3S2/c1-2-9-22-16-5-3-15-11-17(6-4-14(15)10-16)23-28(24,25)20-8-7-19(27-20)18-12-21-13-26-18/h4,6-8,11-13,16,22-23H,2-3,5,9-10H2,1H3/t16-/m0/s1. The quantitative estimate of drug-likeness (QED) is 0.606. The molecular weight excluding hydrogens is 394 g/mol. The predicted molar refractivity (Wildman–Crippen MR) is 111 cm³/mol. The van der Waals surface area contributed by atoms with Gasteiger partial charge in [0.25, 0.3) is 10.0 Å². The van der Waals surface area contributed by atoms with Crippen molar-refractivity contribution in [1.29, 1.82) is 0 Å². The summed E-state index contributed by atoms with van der Waals surface area (Å²) < 4.78 is 33.7. The zero-order valence-electron chi connectivity index (χ0n) is 15.6. The second-order valence-electron chi connectivity index (χ2n) is 6.97. The van der Waals surface area contributed by atoms with Crippen LogP contribution in [0.4, 0.5) is 5.69 Å². The zero-order chi connectivity index (χ0) is 19.6. The Kier molecular flexibility index (Phi) is 5.52. The Balaban J connectivity index is 1.48. The predicted octanol–water partition coefficient (Wildman–Crippen LogP) is 4.06. The number of sulfonamides is 1. The molecule has 1 aliphatic rings. The highest BCUT2D eigenvalue weighted by Gasteiger charge is 2.21. The molecule has 0 radical (unpaired) electrons. The Bertz CT molecular complexity index is 1040. The summed E-state index contributed by atoms with van der Waals surface area (Å²) in [6, 6.07) is 9.69. The second kappa shape index (κ2) is 8.06. The van der Waals surface area contributed by atoms with Crippen LogP contribution >= 0.6 is 11.3 Å². The lowest BCUT2D eigenvalue weighted by Crippen LogP contribution is -2.35. The molecule has 0 unspecified atom stereocenters. The maximum absolute atomic E-state index is 12.8. The Morgan fingerprint density at radius 3 is 2.93 bits per heavy atom. The molecule has 2 N–H and O–H groups in total. The number of aromatic nitrogens is 1. The van der Waals surface area contributed by atoms with Gasteiger partial charge in [-0.25, -0.2) is 13.4 Å². The molecule has 3 aromatic rings. The van der Waals surface area contributed by atoms with E-state index in [9.17, 15) is 8.42 Å². The number of aryl methyl sites for hydroxylation is 1. The Morgan fingerprint density at radius 1 is 1.25 bits per heavy atom. The first-order valence-corrected chi connectivity index (χ1v) is 11.7. The molecule has 8 heteroatoms. The van der Waals surface area contributed by atoms with Crippen molar-refractivity contribution in [2.24, 2.45) is 0 Å². The molecule has 1 atom stereocenters. The number of nitrogens with zero attached hydrogens (tertiary/aromatic N) is 1. The van der Waals surface area contributed by atoms with Crippen LogP contribution in [0.3, 0.4) is 0 Å². The van der Waals surface area contributed by atoms with E-state index in [1.807, 2.05) is 18.2 Å². The summed E-state index contributed by atoms with van der Waals surface area (Å²) in [5.41, 5.74) is 3.13. The molecule has 1 aliphatic carbocycles. The molecule has 0 saturated carbocycles. The fraction of sp³-hybridized carbons (Fsp3) is 0.350. The maximum Gasteiger partial charge on any atom is 0.271 e. The van der Waals surface area contributed by atoms with Gasteiger partial charge in [-0.05, 0) is 67.6 Å². The number of anilines is 1. The normalized spacial score (nSPS) is 16.7. The fourth-order valence-corrected chi connectivity index (χ4v) is 5.79. The number of fused-ring (bicyclic) bond motifs is 1. The SMILES string of the molecule is CCCN[C@H]1CCc2cc(NS(=O)(=O)c3ccc(-c4cnco4)s3)ccc2C1. The van der Waals surface area contributed by atoms with Gasteiger partial charge in [-0.2, -0.15) is 0 Å². The van der Waals surface area contributed by atoms with Crippen molar-refractivity contribution in [3.63, 3.8) is 0 Å². The molecule has 2 heterocycles. The van der Waals surface area contributed by atoms with Gasteiger partial charge in [0.05, 0.1) is 11.1 Å². The van der Waals surface area contributed by atoms with Crippen molar-refractivity contribution >= 4 is 27.0 Å². The summed E-state index contributed by atoms with van der Waals surface area (Å²) in [5, 5.41) is 3.58. The van der Waals surface area contributed by atoms with E-state index in [4.69, 9.17) is 4.42 Å². The summed E-state index contributed by atoms with van der Waals surface area (Å²) in [5.74, 6) is 0.562. The Labute approximate surface area is 169 Å². The topological polar surface area (TPSA) is 84.2 Å².